The van der Waals surface area contributed by atoms with Gasteiger partial charge < -0.3 is 15.6 Å². The Kier molecular flexibility index (Phi) is 6.59. The summed E-state index contributed by atoms with van der Waals surface area (Å²) >= 11 is 6.31. The van der Waals surface area contributed by atoms with Crippen molar-refractivity contribution in [3.05, 3.63) is 101 Å². The summed E-state index contributed by atoms with van der Waals surface area (Å²) in [5, 5.41) is 11.3. The van der Waals surface area contributed by atoms with E-state index in [1.54, 1.807) is 48.5 Å². The van der Waals surface area contributed by atoms with Crippen LogP contribution < -0.4 is 15.4 Å². The molecule has 228 valence electrons. The van der Waals surface area contributed by atoms with Gasteiger partial charge >= 0.3 is 6.03 Å². The average Bonchev–Trinajstić information content (AvgIpc) is 3.42. The molecule has 0 spiro atoms. The summed E-state index contributed by atoms with van der Waals surface area (Å²) in [7, 11) is 1.42. The second-order valence-corrected chi connectivity index (χ2v) is 12.3. The Bertz CT molecular complexity index is 1840. The summed E-state index contributed by atoms with van der Waals surface area (Å²) in [4.78, 5) is 70.4. The highest BCUT2D eigenvalue weighted by molar-refractivity contribution is 6.32. The summed E-state index contributed by atoms with van der Waals surface area (Å²) in [6, 6.07) is 19.2. The smallest absolute Gasteiger partial charge is 0.328 e. The van der Waals surface area contributed by atoms with Gasteiger partial charge in [0, 0.05) is 10.9 Å². The van der Waals surface area contributed by atoms with Gasteiger partial charge in [0.1, 0.15) is 0 Å². The van der Waals surface area contributed by atoms with Crippen molar-refractivity contribution < 1.29 is 33.8 Å². The number of benzene rings is 3. The lowest BCUT2D eigenvalue weighted by atomic mass is 9.49. The second kappa shape index (κ2) is 10.3. The second-order valence-electron chi connectivity index (χ2n) is 11.9. The number of nitrogens with two attached hydrogens (primary N) is 1. The van der Waals surface area contributed by atoms with E-state index in [-0.39, 0.29) is 24.3 Å². The van der Waals surface area contributed by atoms with Crippen LogP contribution in [0.25, 0.3) is 0 Å². The van der Waals surface area contributed by atoms with Crippen LogP contribution >= 0.6 is 11.6 Å². The van der Waals surface area contributed by atoms with E-state index in [1.807, 2.05) is 24.3 Å². The number of hydrogen-bond donors (Lipinski definition) is 2. The maximum atomic E-state index is 15.1. The molecular weight excluding hydrogens is 598 g/mol. The molecule has 3 N–H and O–H groups in total. The number of hydrogen-bond acceptors (Lipinski definition) is 7. The largest absolute Gasteiger partial charge is 0.504 e. The first-order chi connectivity index (χ1) is 21.6. The minimum Gasteiger partial charge on any atom is -0.504 e. The Hall–Kier alpha value is -4.96. The van der Waals surface area contributed by atoms with E-state index < -0.39 is 64.7 Å². The molecule has 4 aliphatic rings. The molecule has 3 fully saturated rings. The van der Waals surface area contributed by atoms with E-state index in [2.05, 4.69) is 0 Å². The molecule has 3 aromatic carbocycles. The highest BCUT2D eigenvalue weighted by Gasteiger charge is 2.70. The molecular formula is C34H28ClN3O7. The summed E-state index contributed by atoms with van der Waals surface area (Å²) in [6.07, 6.45) is 2.06. The molecule has 1 saturated carbocycles. The predicted octanol–water partition coefficient (Wildman–Crippen LogP) is 4.30. The number of urea groups is 1. The van der Waals surface area contributed by atoms with Gasteiger partial charge in [-0.3, -0.25) is 19.2 Å². The van der Waals surface area contributed by atoms with Gasteiger partial charge in [-0.15, -0.1) is 0 Å². The fourth-order valence-electron chi connectivity index (χ4n) is 8.22. The normalized spacial score (nSPS) is 28.8. The summed E-state index contributed by atoms with van der Waals surface area (Å²) < 4.78 is 5.29. The fraction of sp³-hybridized carbons (Fsp3) is 0.265. The van der Waals surface area contributed by atoms with Crippen molar-refractivity contribution in [2.45, 2.75) is 24.2 Å². The third-order valence-electron chi connectivity index (χ3n) is 9.92. The summed E-state index contributed by atoms with van der Waals surface area (Å²) in [5.41, 5.74) is 6.06. The van der Waals surface area contributed by atoms with Crippen LogP contribution in [0.2, 0.25) is 5.02 Å². The number of carbonyl (C=O) groups is 5. The number of phenols is 1. The number of primary amides is 1. The number of halogens is 1. The van der Waals surface area contributed by atoms with Crippen LogP contribution in [0.3, 0.4) is 0 Å². The zero-order valence-electron chi connectivity index (χ0n) is 24.1. The standard InChI is InChI=1S/C34H28ClN3O7/c1-45-26-13-10-17(14-25(26)39)28-21-11-12-22-27(31(42)38(29(22)40)33(36)44)23(21)16-24-30(41)37(20-9-5-8-19(35)15-20)32(43)34(24,28)18-6-3-2-4-7-18/h2-11,13-15,22-24,27-28,39H,12,16H2,1H3,(H2,36,44)/t22-,23+,24-,27-,28-,34+/m0/s1. The van der Waals surface area contributed by atoms with E-state index in [9.17, 15) is 24.3 Å². The van der Waals surface area contributed by atoms with Gasteiger partial charge in [0.05, 0.1) is 36.0 Å². The molecule has 2 aliphatic heterocycles. The molecule has 0 bridgehead atoms. The van der Waals surface area contributed by atoms with Crippen LogP contribution in [-0.4, -0.2) is 46.8 Å². The average molecular weight is 626 g/mol. The van der Waals surface area contributed by atoms with Gasteiger partial charge in [-0.1, -0.05) is 65.7 Å². The van der Waals surface area contributed by atoms with E-state index in [0.29, 0.717) is 32.3 Å². The first-order valence-electron chi connectivity index (χ1n) is 14.5. The maximum absolute atomic E-state index is 15.1. The summed E-state index contributed by atoms with van der Waals surface area (Å²) in [5.74, 6) is -6.53. The number of methoxy groups -OCH3 is 1. The summed E-state index contributed by atoms with van der Waals surface area (Å²) in [6.45, 7) is 0. The van der Waals surface area contributed by atoms with E-state index in [4.69, 9.17) is 22.1 Å². The Morgan fingerprint density at radius 1 is 0.956 bits per heavy atom. The van der Waals surface area contributed by atoms with Crippen molar-refractivity contribution in [2.75, 3.05) is 12.0 Å². The predicted molar refractivity (Wildman–Crippen MR) is 162 cm³/mol. The topological polar surface area (TPSA) is 147 Å². The molecule has 2 saturated heterocycles. The lowest BCUT2D eigenvalue weighted by molar-refractivity contribution is -0.136. The molecule has 0 unspecified atom stereocenters. The van der Waals surface area contributed by atoms with Crippen LogP contribution in [0.15, 0.2) is 84.4 Å². The maximum Gasteiger partial charge on any atom is 0.328 e. The SMILES string of the molecule is COc1ccc([C@H]2C3=CC[C@@H]4C(=O)N(C(N)=O)C(=O)[C@@H]4[C@@H]3C[C@H]3C(=O)N(c4cccc(Cl)c4)C(=O)[C@@]23c2ccccc2)cc1O. The van der Waals surface area contributed by atoms with E-state index in [0.717, 1.165) is 4.90 Å². The third kappa shape index (κ3) is 3.91. The molecule has 3 aromatic rings. The number of fused-ring (bicyclic) bond motifs is 4. The highest BCUT2D eigenvalue weighted by Crippen LogP contribution is 2.64. The van der Waals surface area contributed by atoms with Gasteiger partial charge in [-0.25, -0.2) is 9.69 Å². The van der Waals surface area contributed by atoms with Gasteiger partial charge in [-0.05, 0) is 60.2 Å². The third-order valence-corrected chi connectivity index (χ3v) is 10.2. The van der Waals surface area contributed by atoms with Gasteiger partial charge in [-0.2, -0.15) is 4.90 Å². The molecule has 0 radical (unpaired) electrons. The van der Waals surface area contributed by atoms with Crippen molar-refractivity contribution in [1.29, 1.82) is 0 Å². The van der Waals surface area contributed by atoms with E-state index in [1.165, 1.54) is 13.2 Å². The molecule has 11 heteroatoms. The molecule has 0 aromatic heterocycles. The van der Waals surface area contributed by atoms with Crippen LogP contribution in [0.4, 0.5) is 10.5 Å². The lowest BCUT2D eigenvalue weighted by Crippen LogP contribution is -2.53. The zero-order valence-corrected chi connectivity index (χ0v) is 24.8. The number of likely N-dealkylation sites (tertiary alicyclic amines) is 1. The van der Waals surface area contributed by atoms with E-state index >= 15 is 4.79 Å². The minimum atomic E-state index is -1.49. The van der Waals surface area contributed by atoms with Crippen LogP contribution in [0.1, 0.15) is 29.9 Å². The molecule has 45 heavy (non-hydrogen) atoms. The molecule has 10 nitrogen and oxygen atoms in total. The van der Waals surface area contributed by atoms with Crippen LogP contribution in [-0.2, 0) is 24.6 Å². The fourth-order valence-corrected chi connectivity index (χ4v) is 8.41. The molecule has 6 amide bonds. The molecule has 2 heterocycles. The van der Waals surface area contributed by atoms with Gasteiger partial charge in [0.25, 0.3) is 0 Å². The lowest BCUT2D eigenvalue weighted by Gasteiger charge is -2.50. The van der Waals surface area contributed by atoms with Crippen molar-refractivity contribution in [3.8, 4) is 11.5 Å². The zero-order chi connectivity index (χ0) is 31.8. The van der Waals surface area contributed by atoms with Crippen LogP contribution in [0, 0.1) is 23.7 Å². The monoisotopic (exact) mass is 625 g/mol. The number of carbonyl (C=O) groups excluding carboxylic acids is 5. The van der Waals surface area contributed by atoms with Crippen LogP contribution in [0.5, 0.6) is 11.5 Å². The van der Waals surface area contributed by atoms with Crippen molar-refractivity contribution in [2.24, 2.45) is 29.4 Å². The number of rotatable bonds is 4. The molecule has 2 aliphatic carbocycles. The minimum absolute atomic E-state index is 0.0633. The molecule has 7 rings (SSSR count). The van der Waals surface area contributed by atoms with Crippen molar-refractivity contribution in [3.63, 3.8) is 0 Å². The highest BCUT2D eigenvalue weighted by atomic mass is 35.5. The molecule has 6 atom stereocenters. The number of aromatic hydroxyl groups is 1. The number of phenolic OH excluding ortho intramolecular Hbond substituents is 1. The quantitative estimate of drug-likeness (QED) is 0.325. The number of nitrogens with zero attached hydrogens (tertiary/aromatic N) is 2. The number of amides is 6. The first-order valence-corrected chi connectivity index (χ1v) is 14.9. The number of allylic oxidation sites excluding steroid dienone is 2. The first kappa shape index (κ1) is 28.8. The Balaban J connectivity index is 1.51. The number of imide groups is 4. The number of anilines is 1. The van der Waals surface area contributed by atoms with Crippen molar-refractivity contribution >= 4 is 46.9 Å². The Labute approximate surface area is 263 Å². The Morgan fingerprint density at radius 3 is 2.38 bits per heavy atom. The van der Waals surface area contributed by atoms with Gasteiger partial charge in [0.2, 0.25) is 23.6 Å². The van der Waals surface area contributed by atoms with Crippen molar-refractivity contribution in [1.82, 2.24) is 4.90 Å². The Morgan fingerprint density at radius 2 is 1.71 bits per heavy atom. The van der Waals surface area contributed by atoms with Gasteiger partial charge in [0.15, 0.2) is 11.5 Å². The number of ether oxygens (including phenoxy) is 1.